The average molecular weight is 293 g/mol. The first-order valence-corrected chi connectivity index (χ1v) is 7.79. The Bertz CT molecular complexity index is 488. The van der Waals surface area contributed by atoms with Crippen LogP contribution in [0.15, 0.2) is 0 Å². The molecule has 6 nitrogen and oxygen atoms in total. The van der Waals surface area contributed by atoms with Gasteiger partial charge in [0.1, 0.15) is 12.0 Å². The first kappa shape index (κ1) is 13.2. The van der Waals surface area contributed by atoms with Crippen molar-refractivity contribution < 1.29 is 24.3 Å². The molecule has 4 saturated carbocycles. The standard InChI is InChI=1S/C15H19NO5/c17-12-6-11(14(18)16(12)20)15(19)21-13-9-2-7-1-8(4-9)5-10(13)3-7/h7-11,13,20H,1-6H2. The normalized spacial score (nSPS) is 44.5. The van der Waals surface area contributed by atoms with Crippen LogP contribution < -0.4 is 0 Å². The SMILES string of the molecule is O=C(OC1C2CC3CC(C2)CC1C3)C1CC(=O)N(O)C1=O. The van der Waals surface area contributed by atoms with Crippen molar-refractivity contribution in [3.63, 3.8) is 0 Å². The van der Waals surface area contributed by atoms with E-state index in [9.17, 15) is 19.6 Å². The number of rotatable bonds is 2. The zero-order chi connectivity index (χ0) is 14.7. The smallest absolute Gasteiger partial charge is 0.319 e. The highest BCUT2D eigenvalue weighted by atomic mass is 16.6. The lowest BCUT2D eigenvalue weighted by molar-refractivity contribution is -0.181. The maximum atomic E-state index is 12.2. The molecule has 4 bridgehead atoms. The van der Waals surface area contributed by atoms with Crippen molar-refractivity contribution in [2.45, 2.75) is 44.6 Å². The molecular formula is C15H19NO5. The molecule has 1 atom stereocenters. The van der Waals surface area contributed by atoms with Gasteiger partial charge in [0, 0.05) is 0 Å². The van der Waals surface area contributed by atoms with Crippen LogP contribution in [0.4, 0.5) is 0 Å². The van der Waals surface area contributed by atoms with Crippen LogP contribution in [0.3, 0.4) is 0 Å². The van der Waals surface area contributed by atoms with Gasteiger partial charge < -0.3 is 4.74 Å². The Labute approximate surface area is 122 Å². The number of carbonyl (C=O) groups excluding carboxylic acids is 3. The minimum atomic E-state index is -1.15. The zero-order valence-electron chi connectivity index (χ0n) is 11.7. The van der Waals surface area contributed by atoms with Gasteiger partial charge >= 0.3 is 5.97 Å². The second-order valence-corrected chi connectivity index (χ2v) is 7.13. The molecule has 0 radical (unpaired) electrons. The molecule has 6 heteroatoms. The quantitative estimate of drug-likeness (QED) is 0.357. The topological polar surface area (TPSA) is 83.9 Å². The van der Waals surface area contributed by atoms with E-state index in [1.54, 1.807) is 0 Å². The summed E-state index contributed by atoms with van der Waals surface area (Å²) in [5.41, 5.74) is 0. The number of ether oxygens (including phenoxy) is 1. The highest BCUT2D eigenvalue weighted by Crippen LogP contribution is 2.54. The van der Waals surface area contributed by atoms with Gasteiger partial charge in [0.15, 0.2) is 0 Å². The predicted octanol–water partition coefficient (Wildman–Crippen LogP) is 1.12. The molecule has 2 amide bonds. The number of nitrogens with zero attached hydrogens (tertiary/aromatic N) is 1. The molecule has 0 aromatic carbocycles. The molecule has 114 valence electrons. The molecular weight excluding hydrogens is 274 g/mol. The van der Waals surface area contributed by atoms with E-state index in [-0.39, 0.29) is 17.6 Å². The molecule has 1 aliphatic heterocycles. The van der Waals surface area contributed by atoms with Gasteiger partial charge in [-0.05, 0) is 55.8 Å². The van der Waals surface area contributed by atoms with Crippen LogP contribution in [0.5, 0.6) is 0 Å². The molecule has 0 aromatic heterocycles. The van der Waals surface area contributed by atoms with Gasteiger partial charge in [-0.2, -0.15) is 5.06 Å². The predicted molar refractivity (Wildman–Crippen MR) is 68.7 cm³/mol. The number of imide groups is 1. The molecule has 1 heterocycles. The number of amides is 2. The summed E-state index contributed by atoms with van der Waals surface area (Å²) >= 11 is 0. The molecule has 4 aliphatic carbocycles. The molecule has 1 unspecified atom stereocenters. The number of hydroxylamine groups is 2. The van der Waals surface area contributed by atoms with Crippen LogP contribution in [0.25, 0.3) is 0 Å². The van der Waals surface area contributed by atoms with Gasteiger partial charge in [-0.1, -0.05) is 0 Å². The number of hydrogen-bond donors (Lipinski definition) is 1. The van der Waals surface area contributed by atoms with E-state index in [1.165, 1.54) is 6.42 Å². The summed E-state index contributed by atoms with van der Waals surface area (Å²) in [5.74, 6) is -0.969. The summed E-state index contributed by atoms with van der Waals surface area (Å²) in [6, 6.07) is 0. The van der Waals surface area contributed by atoms with Crippen molar-refractivity contribution in [3.8, 4) is 0 Å². The molecule has 0 spiro atoms. The van der Waals surface area contributed by atoms with Gasteiger partial charge in [-0.3, -0.25) is 19.6 Å². The lowest BCUT2D eigenvalue weighted by Gasteiger charge is -2.53. The summed E-state index contributed by atoms with van der Waals surface area (Å²) in [6.07, 6.45) is 5.43. The van der Waals surface area contributed by atoms with Crippen LogP contribution in [0.2, 0.25) is 0 Å². The van der Waals surface area contributed by atoms with Crippen LogP contribution in [-0.2, 0) is 19.1 Å². The van der Waals surface area contributed by atoms with Gasteiger partial charge in [0.2, 0.25) is 0 Å². The van der Waals surface area contributed by atoms with E-state index in [0.717, 1.165) is 37.5 Å². The van der Waals surface area contributed by atoms with E-state index in [0.29, 0.717) is 11.8 Å². The van der Waals surface area contributed by atoms with Crippen LogP contribution in [-0.4, -0.2) is 34.2 Å². The van der Waals surface area contributed by atoms with Gasteiger partial charge in [-0.15, -0.1) is 0 Å². The average Bonchev–Trinajstić information content (AvgIpc) is 2.69. The Hall–Kier alpha value is -1.43. The second-order valence-electron chi connectivity index (χ2n) is 7.13. The summed E-state index contributed by atoms with van der Waals surface area (Å²) < 4.78 is 5.63. The zero-order valence-corrected chi connectivity index (χ0v) is 11.7. The van der Waals surface area contributed by atoms with Crippen molar-refractivity contribution in [2.75, 3.05) is 0 Å². The molecule has 5 fully saturated rings. The lowest BCUT2D eigenvalue weighted by atomic mass is 9.55. The second kappa shape index (κ2) is 4.53. The summed E-state index contributed by atoms with van der Waals surface area (Å²) in [6.45, 7) is 0. The van der Waals surface area contributed by atoms with Crippen LogP contribution in [0.1, 0.15) is 38.5 Å². The third kappa shape index (κ3) is 1.99. The third-order valence-electron chi connectivity index (χ3n) is 5.80. The lowest BCUT2D eigenvalue weighted by Crippen LogP contribution is -2.50. The molecule has 5 rings (SSSR count). The Morgan fingerprint density at radius 2 is 1.62 bits per heavy atom. The van der Waals surface area contributed by atoms with E-state index in [2.05, 4.69) is 0 Å². The first-order valence-electron chi connectivity index (χ1n) is 7.79. The maximum absolute atomic E-state index is 12.2. The van der Waals surface area contributed by atoms with Gasteiger partial charge in [-0.25, -0.2) is 0 Å². The summed E-state index contributed by atoms with van der Waals surface area (Å²) in [4.78, 5) is 35.1. The maximum Gasteiger partial charge on any atom is 0.319 e. The monoisotopic (exact) mass is 293 g/mol. The van der Waals surface area contributed by atoms with E-state index < -0.39 is 23.7 Å². The van der Waals surface area contributed by atoms with Crippen LogP contribution >= 0.6 is 0 Å². The van der Waals surface area contributed by atoms with Crippen molar-refractivity contribution in [1.29, 1.82) is 0 Å². The minimum Gasteiger partial charge on any atom is -0.461 e. The van der Waals surface area contributed by atoms with Crippen LogP contribution in [0, 0.1) is 29.6 Å². The van der Waals surface area contributed by atoms with E-state index in [4.69, 9.17) is 4.74 Å². The number of esters is 1. The third-order valence-corrected chi connectivity index (χ3v) is 5.80. The molecule has 1 saturated heterocycles. The fourth-order valence-electron chi connectivity index (χ4n) is 5.09. The number of hydrogen-bond acceptors (Lipinski definition) is 5. The Morgan fingerprint density at radius 1 is 1.05 bits per heavy atom. The molecule has 21 heavy (non-hydrogen) atoms. The van der Waals surface area contributed by atoms with Gasteiger partial charge in [0.25, 0.3) is 11.8 Å². The fraction of sp³-hybridized carbons (Fsp3) is 0.800. The molecule has 1 N–H and O–H groups in total. The highest BCUT2D eigenvalue weighted by Gasteiger charge is 2.51. The molecule has 5 aliphatic rings. The Kier molecular flexibility index (Phi) is 2.86. The van der Waals surface area contributed by atoms with Gasteiger partial charge in [0.05, 0.1) is 6.42 Å². The van der Waals surface area contributed by atoms with E-state index in [1.807, 2.05) is 0 Å². The van der Waals surface area contributed by atoms with Crippen molar-refractivity contribution >= 4 is 17.8 Å². The minimum absolute atomic E-state index is 0.0445. The largest absolute Gasteiger partial charge is 0.461 e. The van der Waals surface area contributed by atoms with Crippen molar-refractivity contribution in [2.24, 2.45) is 29.6 Å². The van der Waals surface area contributed by atoms with E-state index >= 15 is 0 Å². The Balaban J connectivity index is 1.46. The summed E-state index contributed by atoms with van der Waals surface area (Å²) in [7, 11) is 0. The summed E-state index contributed by atoms with van der Waals surface area (Å²) in [5, 5.41) is 9.26. The van der Waals surface area contributed by atoms with Crippen molar-refractivity contribution in [1.82, 2.24) is 5.06 Å². The molecule has 0 aromatic rings. The fourth-order valence-corrected chi connectivity index (χ4v) is 5.09. The van der Waals surface area contributed by atoms with Crippen molar-refractivity contribution in [3.05, 3.63) is 0 Å². The highest BCUT2D eigenvalue weighted by molar-refractivity contribution is 6.11. The Morgan fingerprint density at radius 3 is 2.10 bits per heavy atom. The number of carbonyl (C=O) groups is 3. The first-order chi connectivity index (χ1) is 10.0.